The van der Waals surface area contributed by atoms with Gasteiger partial charge >= 0.3 is 6.03 Å². The van der Waals surface area contributed by atoms with Gasteiger partial charge in [0.1, 0.15) is 0 Å². The number of nitrogens with zero attached hydrogens (tertiary/aromatic N) is 1. The molecule has 0 unspecified atom stereocenters. The number of likely N-dealkylation sites (N-methyl/N-ethyl adjacent to an activating group) is 1. The van der Waals surface area contributed by atoms with Crippen molar-refractivity contribution < 1.29 is 9.59 Å². The maximum Gasteiger partial charge on any atom is 0.318 e. The maximum atomic E-state index is 11.6. The van der Waals surface area contributed by atoms with E-state index in [-0.39, 0.29) is 18.0 Å². The molecule has 1 rings (SSSR count). The van der Waals surface area contributed by atoms with Crippen LogP contribution in [0.15, 0.2) is 0 Å². The molecule has 0 aromatic heterocycles. The molecule has 6 heteroatoms. The summed E-state index contributed by atoms with van der Waals surface area (Å²) in [6.45, 7) is 2.89. The fourth-order valence-corrected chi connectivity index (χ4v) is 2.92. The highest BCUT2D eigenvalue weighted by Crippen LogP contribution is 2.36. The topological polar surface area (TPSA) is 101 Å². The van der Waals surface area contributed by atoms with Gasteiger partial charge in [-0.2, -0.15) is 0 Å². The number of primary amides is 1. The SMILES string of the molecule is CCC1CCC(CN)(N(C)CC(=O)NC(N)=O)CC1. The first-order chi connectivity index (χ1) is 8.93. The lowest BCUT2D eigenvalue weighted by Gasteiger charge is -2.45. The number of rotatable bonds is 5. The minimum Gasteiger partial charge on any atom is -0.351 e. The number of amides is 3. The van der Waals surface area contributed by atoms with Crippen molar-refractivity contribution in [2.75, 3.05) is 20.1 Å². The van der Waals surface area contributed by atoms with E-state index in [9.17, 15) is 9.59 Å². The Bertz CT molecular complexity index is 325. The second-order valence-corrected chi connectivity index (χ2v) is 5.55. The van der Waals surface area contributed by atoms with E-state index in [1.165, 1.54) is 6.42 Å². The third-order valence-electron chi connectivity index (χ3n) is 4.45. The average Bonchev–Trinajstić information content (AvgIpc) is 2.37. The third-order valence-corrected chi connectivity index (χ3v) is 4.45. The molecular weight excluding hydrogens is 244 g/mol. The van der Waals surface area contributed by atoms with Crippen LogP contribution in [-0.4, -0.2) is 42.5 Å². The van der Waals surface area contributed by atoms with Gasteiger partial charge in [0.15, 0.2) is 0 Å². The van der Waals surface area contributed by atoms with Gasteiger partial charge in [-0.15, -0.1) is 0 Å². The summed E-state index contributed by atoms with van der Waals surface area (Å²) >= 11 is 0. The molecule has 110 valence electrons. The third kappa shape index (κ3) is 4.18. The van der Waals surface area contributed by atoms with E-state index in [4.69, 9.17) is 11.5 Å². The van der Waals surface area contributed by atoms with Crippen LogP contribution < -0.4 is 16.8 Å². The first kappa shape index (κ1) is 15.9. The molecule has 0 heterocycles. The van der Waals surface area contributed by atoms with Gasteiger partial charge in [-0.3, -0.25) is 15.0 Å². The minimum absolute atomic E-state index is 0.124. The molecule has 0 spiro atoms. The number of urea groups is 1. The number of carbonyl (C=O) groups excluding carboxylic acids is 2. The molecule has 0 saturated heterocycles. The zero-order chi connectivity index (χ0) is 14.5. The first-order valence-electron chi connectivity index (χ1n) is 6.94. The first-order valence-corrected chi connectivity index (χ1v) is 6.94. The quantitative estimate of drug-likeness (QED) is 0.673. The Morgan fingerprint density at radius 1 is 1.37 bits per heavy atom. The van der Waals surface area contributed by atoms with Gasteiger partial charge in [0.05, 0.1) is 6.54 Å². The molecular formula is C13H26N4O2. The van der Waals surface area contributed by atoms with Crippen LogP contribution in [0, 0.1) is 5.92 Å². The zero-order valence-corrected chi connectivity index (χ0v) is 11.9. The highest BCUT2D eigenvalue weighted by molar-refractivity contribution is 5.94. The van der Waals surface area contributed by atoms with Crippen molar-refractivity contribution in [1.82, 2.24) is 10.2 Å². The van der Waals surface area contributed by atoms with Gasteiger partial charge in [-0.25, -0.2) is 4.79 Å². The molecule has 0 aromatic rings. The highest BCUT2D eigenvalue weighted by atomic mass is 16.2. The van der Waals surface area contributed by atoms with Gasteiger partial charge in [0.2, 0.25) is 5.91 Å². The van der Waals surface area contributed by atoms with Crippen molar-refractivity contribution in [2.45, 2.75) is 44.6 Å². The number of imide groups is 1. The number of nitrogens with one attached hydrogen (secondary N) is 1. The highest BCUT2D eigenvalue weighted by Gasteiger charge is 2.37. The fraction of sp³-hybridized carbons (Fsp3) is 0.846. The monoisotopic (exact) mass is 270 g/mol. The fourth-order valence-electron chi connectivity index (χ4n) is 2.92. The molecule has 0 aromatic carbocycles. The van der Waals surface area contributed by atoms with E-state index >= 15 is 0 Å². The molecule has 1 aliphatic rings. The van der Waals surface area contributed by atoms with Crippen molar-refractivity contribution in [3.8, 4) is 0 Å². The van der Waals surface area contributed by atoms with Crippen molar-refractivity contribution in [2.24, 2.45) is 17.4 Å². The van der Waals surface area contributed by atoms with Crippen molar-refractivity contribution >= 4 is 11.9 Å². The van der Waals surface area contributed by atoms with Crippen LogP contribution in [0.3, 0.4) is 0 Å². The summed E-state index contributed by atoms with van der Waals surface area (Å²) in [6.07, 6.45) is 5.50. The van der Waals surface area contributed by atoms with Crippen molar-refractivity contribution in [3.63, 3.8) is 0 Å². The summed E-state index contributed by atoms with van der Waals surface area (Å²) in [6, 6.07) is -0.810. The second-order valence-electron chi connectivity index (χ2n) is 5.55. The lowest BCUT2D eigenvalue weighted by atomic mass is 9.74. The van der Waals surface area contributed by atoms with Gasteiger partial charge < -0.3 is 11.5 Å². The summed E-state index contributed by atoms with van der Waals surface area (Å²) in [5.41, 5.74) is 10.7. The molecule has 0 bridgehead atoms. The summed E-state index contributed by atoms with van der Waals surface area (Å²) in [4.78, 5) is 24.2. The molecule has 1 aliphatic carbocycles. The van der Waals surface area contributed by atoms with E-state index in [0.717, 1.165) is 31.6 Å². The van der Waals surface area contributed by atoms with Gasteiger partial charge in [0.25, 0.3) is 0 Å². The molecule has 0 radical (unpaired) electrons. The van der Waals surface area contributed by atoms with Crippen molar-refractivity contribution in [3.05, 3.63) is 0 Å². The molecule has 1 fully saturated rings. The van der Waals surface area contributed by atoms with Crippen LogP contribution in [0.1, 0.15) is 39.0 Å². The predicted molar refractivity (Wildman–Crippen MR) is 74.4 cm³/mol. The normalized spacial score (nSPS) is 27.3. The van der Waals surface area contributed by atoms with E-state index in [1.807, 2.05) is 11.9 Å². The minimum atomic E-state index is -0.810. The Kier molecular flexibility index (Phi) is 5.75. The summed E-state index contributed by atoms with van der Waals surface area (Å²) < 4.78 is 0. The van der Waals surface area contributed by atoms with Gasteiger partial charge in [-0.05, 0) is 38.6 Å². The second kappa shape index (κ2) is 6.86. The average molecular weight is 270 g/mol. The predicted octanol–water partition coefficient (Wildman–Crippen LogP) is 0.411. The van der Waals surface area contributed by atoms with E-state index < -0.39 is 6.03 Å². The summed E-state index contributed by atoms with van der Waals surface area (Å²) in [7, 11) is 1.89. The Labute approximate surface area is 114 Å². The summed E-state index contributed by atoms with van der Waals surface area (Å²) in [5.74, 6) is 0.396. The lowest BCUT2D eigenvalue weighted by Crippen LogP contribution is -2.56. The number of hydrogen-bond acceptors (Lipinski definition) is 4. The Morgan fingerprint density at radius 2 is 1.95 bits per heavy atom. The Hall–Kier alpha value is -1.14. The van der Waals surface area contributed by atoms with Gasteiger partial charge in [0, 0.05) is 12.1 Å². The van der Waals surface area contributed by atoms with Crippen LogP contribution in [0.25, 0.3) is 0 Å². The molecule has 5 N–H and O–H groups in total. The van der Waals surface area contributed by atoms with Crippen LogP contribution in [0.5, 0.6) is 0 Å². The van der Waals surface area contributed by atoms with Gasteiger partial charge in [-0.1, -0.05) is 13.3 Å². The lowest BCUT2D eigenvalue weighted by molar-refractivity contribution is -0.122. The molecule has 3 amide bonds. The Morgan fingerprint density at radius 3 is 2.37 bits per heavy atom. The largest absolute Gasteiger partial charge is 0.351 e. The van der Waals surface area contributed by atoms with E-state index in [0.29, 0.717) is 6.54 Å². The summed E-state index contributed by atoms with van der Waals surface area (Å²) in [5, 5.41) is 2.09. The number of nitrogens with two attached hydrogens (primary N) is 2. The maximum absolute atomic E-state index is 11.6. The Balaban J connectivity index is 2.59. The van der Waals surface area contributed by atoms with Crippen LogP contribution in [0.2, 0.25) is 0 Å². The van der Waals surface area contributed by atoms with E-state index in [1.54, 1.807) is 0 Å². The number of hydrogen-bond donors (Lipinski definition) is 3. The van der Waals surface area contributed by atoms with Crippen LogP contribution in [0.4, 0.5) is 4.79 Å². The smallest absolute Gasteiger partial charge is 0.318 e. The van der Waals surface area contributed by atoms with Crippen LogP contribution >= 0.6 is 0 Å². The molecule has 19 heavy (non-hydrogen) atoms. The molecule has 0 aliphatic heterocycles. The molecule has 6 nitrogen and oxygen atoms in total. The molecule has 1 saturated carbocycles. The van der Waals surface area contributed by atoms with Crippen molar-refractivity contribution in [1.29, 1.82) is 0 Å². The van der Waals surface area contributed by atoms with Crippen LogP contribution in [-0.2, 0) is 4.79 Å². The standard InChI is InChI=1S/C13H26N4O2/c1-3-10-4-6-13(9-14,7-5-10)17(2)8-11(18)16-12(15)19/h10H,3-9,14H2,1-2H3,(H3,15,16,18,19). The molecule has 0 atom stereocenters. The zero-order valence-electron chi connectivity index (χ0n) is 11.9. The number of carbonyl (C=O) groups is 2. The van der Waals surface area contributed by atoms with E-state index in [2.05, 4.69) is 12.2 Å².